The maximum atomic E-state index is 12.6. The van der Waals surface area contributed by atoms with Gasteiger partial charge in [0, 0.05) is 17.3 Å². The standard InChI is InChI=1S/C22H24N4O5S/c1-4-15(2)31-18-9-5-16(6-10-18)22(27)25-17-7-11-19(12-8-17)32(28,29)26-20-13-21(30-3)24-14-23-20/h5-15H,4H2,1-3H3,(H,25,27)(H,23,24,26). The van der Waals surface area contributed by atoms with Crippen LogP contribution < -0.4 is 19.5 Å². The van der Waals surface area contributed by atoms with Crippen LogP contribution in [0.25, 0.3) is 0 Å². The van der Waals surface area contributed by atoms with Gasteiger partial charge in [0.1, 0.15) is 17.9 Å². The number of carbonyl (C=O) groups excluding carboxylic acids is 1. The topological polar surface area (TPSA) is 120 Å². The molecule has 1 amide bonds. The van der Waals surface area contributed by atoms with Crippen LogP contribution in [0.15, 0.2) is 65.8 Å². The molecule has 3 rings (SSSR count). The molecule has 1 unspecified atom stereocenters. The van der Waals surface area contributed by atoms with E-state index in [1.54, 1.807) is 24.3 Å². The first-order valence-corrected chi connectivity index (χ1v) is 11.4. The first-order valence-electron chi connectivity index (χ1n) is 9.87. The van der Waals surface area contributed by atoms with Crippen LogP contribution >= 0.6 is 0 Å². The smallest absolute Gasteiger partial charge is 0.263 e. The van der Waals surface area contributed by atoms with Crippen LogP contribution in [-0.2, 0) is 10.0 Å². The summed E-state index contributed by atoms with van der Waals surface area (Å²) in [5.74, 6) is 0.686. The molecular formula is C22H24N4O5S. The lowest BCUT2D eigenvalue weighted by Crippen LogP contribution is -2.15. The highest BCUT2D eigenvalue weighted by Crippen LogP contribution is 2.20. The number of ether oxygens (including phenoxy) is 2. The average Bonchev–Trinajstić information content (AvgIpc) is 2.79. The van der Waals surface area contributed by atoms with Gasteiger partial charge < -0.3 is 14.8 Å². The Morgan fingerprint density at radius 1 is 1.06 bits per heavy atom. The Bertz CT molecular complexity index is 1170. The van der Waals surface area contributed by atoms with E-state index in [1.807, 2.05) is 13.8 Å². The summed E-state index contributed by atoms with van der Waals surface area (Å²) in [4.78, 5) is 20.2. The van der Waals surface area contributed by atoms with Gasteiger partial charge in [-0.05, 0) is 61.9 Å². The van der Waals surface area contributed by atoms with E-state index < -0.39 is 10.0 Å². The molecule has 0 saturated heterocycles. The van der Waals surface area contributed by atoms with Crippen molar-refractivity contribution >= 4 is 27.4 Å². The highest BCUT2D eigenvalue weighted by molar-refractivity contribution is 7.92. The SMILES string of the molecule is CCC(C)Oc1ccc(C(=O)Nc2ccc(S(=O)(=O)Nc3cc(OC)ncn3)cc2)cc1. The second-order valence-corrected chi connectivity index (χ2v) is 8.57. The third-order valence-electron chi connectivity index (χ3n) is 4.54. The Hall–Kier alpha value is -3.66. The summed E-state index contributed by atoms with van der Waals surface area (Å²) in [7, 11) is -2.46. The fraction of sp³-hybridized carbons (Fsp3) is 0.227. The van der Waals surface area contributed by atoms with E-state index in [0.717, 1.165) is 6.42 Å². The van der Waals surface area contributed by atoms with Crippen molar-refractivity contribution in [2.24, 2.45) is 0 Å². The molecule has 0 aliphatic carbocycles. The van der Waals surface area contributed by atoms with Gasteiger partial charge >= 0.3 is 0 Å². The van der Waals surface area contributed by atoms with Gasteiger partial charge in [-0.2, -0.15) is 0 Å². The molecule has 9 nitrogen and oxygen atoms in total. The Balaban J connectivity index is 1.65. The molecule has 168 valence electrons. The summed E-state index contributed by atoms with van der Waals surface area (Å²) in [5, 5.41) is 2.74. The molecular weight excluding hydrogens is 432 g/mol. The van der Waals surface area contributed by atoms with E-state index in [2.05, 4.69) is 20.0 Å². The maximum Gasteiger partial charge on any atom is 0.263 e. The lowest BCUT2D eigenvalue weighted by Gasteiger charge is -2.13. The molecule has 1 aromatic heterocycles. The van der Waals surface area contributed by atoms with Gasteiger partial charge in [-0.25, -0.2) is 18.4 Å². The van der Waals surface area contributed by atoms with Crippen LogP contribution in [0.5, 0.6) is 11.6 Å². The summed E-state index contributed by atoms with van der Waals surface area (Å²) in [6, 6.07) is 14.0. The Morgan fingerprint density at radius 3 is 2.38 bits per heavy atom. The summed E-state index contributed by atoms with van der Waals surface area (Å²) in [5.41, 5.74) is 0.912. The number of amides is 1. The van der Waals surface area contributed by atoms with Gasteiger partial charge in [0.05, 0.1) is 18.1 Å². The summed E-state index contributed by atoms with van der Waals surface area (Å²) in [6.07, 6.45) is 2.17. The second-order valence-electron chi connectivity index (χ2n) is 6.89. The molecule has 0 aliphatic rings. The van der Waals surface area contributed by atoms with Crippen molar-refractivity contribution in [3.05, 3.63) is 66.5 Å². The van der Waals surface area contributed by atoms with E-state index >= 15 is 0 Å². The van der Waals surface area contributed by atoms with Crippen molar-refractivity contribution < 1.29 is 22.7 Å². The van der Waals surface area contributed by atoms with Crippen molar-refractivity contribution in [2.45, 2.75) is 31.3 Å². The van der Waals surface area contributed by atoms with Gasteiger partial charge in [-0.15, -0.1) is 0 Å². The minimum atomic E-state index is -3.88. The van der Waals surface area contributed by atoms with Crippen LogP contribution in [0.2, 0.25) is 0 Å². The summed E-state index contributed by atoms with van der Waals surface area (Å²) >= 11 is 0. The lowest BCUT2D eigenvalue weighted by molar-refractivity contribution is 0.102. The molecule has 0 radical (unpaired) electrons. The predicted molar refractivity (Wildman–Crippen MR) is 121 cm³/mol. The molecule has 0 spiro atoms. The molecule has 0 fully saturated rings. The largest absolute Gasteiger partial charge is 0.491 e. The highest BCUT2D eigenvalue weighted by Gasteiger charge is 2.16. The average molecular weight is 457 g/mol. The minimum Gasteiger partial charge on any atom is -0.491 e. The fourth-order valence-corrected chi connectivity index (χ4v) is 3.62. The molecule has 2 N–H and O–H groups in total. The first-order chi connectivity index (χ1) is 15.3. The molecule has 0 bridgehead atoms. The number of nitrogens with one attached hydrogen (secondary N) is 2. The number of nitrogens with zero attached hydrogens (tertiary/aromatic N) is 2. The van der Waals surface area contributed by atoms with Crippen LogP contribution in [0.4, 0.5) is 11.5 Å². The highest BCUT2D eigenvalue weighted by atomic mass is 32.2. The molecule has 2 aromatic carbocycles. The van der Waals surface area contributed by atoms with Crippen molar-refractivity contribution in [3.63, 3.8) is 0 Å². The quantitative estimate of drug-likeness (QED) is 0.504. The van der Waals surface area contributed by atoms with Crippen LogP contribution in [0.3, 0.4) is 0 Å². The predicted octanol–water partition coefficient (Wildman–Crippen LogP) is 3.72. The molecule has 1 atom stereocenters. The van der Waals surface area contributed by atoms with Gasteiger partial charge in [-0.3, -0.25) is 9.52 Å². The first kappa shape index (κ1) is 23.0. The summed E-state index contributed by atoms with van der Waals surface area (Å²) in [6.45, 7) is 4.01. The lowest BCUT2D eigenvalue weighted by atomic mass is 10.2. The van der Waals surface area contributed by atoms with Crippen LogP contribution in [-0.4, -0.2) is 37.5 Å². The van der Waals surface area contributed by atoms with E-state index in [9.17, 15) is 13.2 Å². The van der Waals surface area contributed by atoms with Crippen molar-refractivity contribution in [2.75, 3.05) is 17.1 Å². The van der Waals surface area contributed by atoms with Gasteiger partial charge in [0.25, 0.3) is 15.9 Å². The number of sulfonamides is 1. The fourth-order valence-electron chi connectivity index (χ4n) is 2.62. The van der Waals surface area contributed by atoms with E-state index in [0.29, 0.717) is 17.0 Å². The van der Waals surface area contributed by atoms with Gasteiger partial charge in [0.15, 0.2) is 0 Å². The molecule has 32 heavy (non-hydrogen) atoms. The Labute approximate surface area is 186 Å². The molecule has 0 aliphatic heterocycles. The van der Waals surface area contributed by atoms with Gasteiger partial charge in [-0.1, -0.05) is 6.92 Å². The minimum absolute atomic E-state index is 0.0135. The third kappa shape index (κ3) is 5.94. The van der Waals surface area contributed by atoms with E-state index in [-0.39, 0.29) is 28.6 Å². The van der Waals surface area contributed by atoms with Crippen molar-refractivity contribution in [1.29, 1.82) is 0 Å². The van der Waals surface area contributed by atoms with Crippen molar-refractivity contribution in [3.8, 4) is 11.6 Å². The van der Waals surface area contributed by atoms with E-state index in [1.165, 1.54) is 43.8 Å². The molecule has 10 heteroatoms. The normalized spacial score (nSPS) is 12.0. The number of carbonyl (C=O) groups is 1. The van der Waals surface area contributed by atoms with Crippen LogP contribution in [0.1, 0.15) is 30.6 Å². The molecule has 1 heterocycles. The zero-order chi connectivity index (χ0) is 23.1. The number of rotatable bonds is 9. The zero-order valence-electron chi connectivity index (χ0n) is 17.9. The number of benzene rings is 2. The molecule has 0 saturated carbocycles. The van der Waals surface area contributed by atoms with Crippen LogP contribution in [0, 0.1) is 0 Å². The number of aromatic nitrogens is 2. The second kappa shape index (κ2) is 10.1. The Morgan fingerprint density at radius 2 is 1.75 bits per heavy atom. The maximum absolute atomic E-state index is 12.6. The number of methoxy groups -OCH3 is 1. The third-order valence-corrected chi connectivity index (χ3v) is 5.91. The number of anilines is 2. The van der Waals surface area contributed by atoms with Crippen molar-refractivity contribution in [1.82, 2.24) is 9.97 Å². The Kier molecular flexibility index (Phi) is 7.26. The molecule has 3 aromatic rings. The van der Waals surface area contributed by atoms with Gasteiger partial charge in [0.2, 0.25) is 5.88 Å². The van der Waals surface area contributed by atoms with E-state index in [4.69, 9.17) is 9.47 Å². The zero-order valence-corrected chi connectivity index (χ0v) is 18.7. The number of hydrogen-bond donors (Lipinski definition) is 2. The number of hydrogen-bond acceptors (Lipinski definition) is 7. The summed E-state index contributed by atoms with van der Waals surface area (Å²) < 4.78 is 38.2. The monoisotopic (exact) mass is 456 g/mol.